The Morgan fingerprint density at radius 3 is 2.19 bits per heavy atom. The van der Waals surface area contributed by atoms with Gasteiger partial charge in [0.2, 0.25) is 5.55 Å². The molecule has 0 rings (SSSR count). The number of hydrogen-bond acceptors (Lipinski definition) is 6. The van der Waals surface area contributed by atoms with E-state index in [0.717, 1.165) is 36.2 Å². The van der Waals surface area contributed by atoms with Crippen LogP contribution in [0.1, 0.15) is 25.7 Å². The standard InChI is InChI=1S/C8H17O5PS2/c1-12-15-14(11,16-13-2)7-5-3-4-6-8(9)10/h3-7H2,1-2H3,(H,9,10). The van der Waals surface area contributed by atoms with Crippen molar-refractivity contribution < 1.29 is 22.8 Å². The maximum atomic E-state index is 12.1. The highest BCUT2D eigenvalue weighted by molar-refractivity contribution is 8.88. The predicted molar refractivity (Wildman–Crippen MR) is 67.8 cm³/mol. The quantitative estimate of drug-likeness (QED) is 0.375. The zero-order valence-electron chi connectivity index (χ0n) is 9.38. The van der Waals surface area contributed by atoms with E-state index < -0.39 is 11.5 Å². The van der Waals surface area contributed by atoms with E-state index >= 15 is 0 Å². The lowest BCUT2D eigenvalue weighted by Crippen LogP contribution is -1.94. The van der Waals surface area contributed by atoms with Crippen molar-refractivity contribution in [2.24, 2.45) is 0 Å². The highest BCUT2D eigenvalue weighted by Gasteiger charge is 2.24. The molecule has 0 aliphatic heterocycles. The molecule has 0 aliphatic rings. The van der Waals surface area contributed by atoms with Crippen LogP contribution in [0.25, 0.3) is 0 Å². The summed E-state index contributed by atoms with van der Waals surface area (Å²) in [6, 6.07) is 0. The fraction of sp³-hybridized carbons (Fsp3) is 0.875. The third-order valence-electron chi connectivity index (χ3n) is 1.70. The molecule has 1 N–H and O–H groups in total. The van der Waals surface area contributed by atoms with E-state index in [-0.39, 0.29) is 6.42 Å². The zero-order valence-corrected chi connectivity index (χ0v) is 11.9. The summed E-state index contributed by atoms with van der Waals surface area (Å²) in [7, 11) is 2.94. The molecule has 0 atom stereocenters. The molecule has 0 heterocycles. The molecule has 0 radical (unpaired) electrons. The highest BCUT2D eigenvalue weighted by atomic mass is 33.1. The van der Waals surface area contributed by atoms with Crippen molar-refractivity contribution in [1.82, 2.24) is 0 Å². The summed E-state index contributed by atoms with van der Waals surface area (Å²) in [5.74, 6) is -0.791. The van der Waals surface area contributed by atoms with E-state index in [1.165, 1.54) is 14.2 Å². The molecule has 8 heteroatoms. The Hall–Kier alpha value is 0.320. The molecular weight excluding hydrogens is 271 g/mol. The van der Waals surface area contributed by atoms with Gasteiger partial charge in [-0.25, -0.2) is 0 Å². The number of aliphatic carboxylic acids is 1. The number of rotatable bonds is 10. The van der Waals surface area contributed by atoms with Crippen LogP contribution >= 0.6 is 28.9 Å². The van der Waals surface area contributed by atoms with Crippen LogP contribution in [0.5, 0.6) is 0 Å². The Morgan fingerprint density at radius 2 is 1.75 bits per heavy atom. The highest BCUT2D eigenvalue weighted by Crippen LogP contribution is 2.69. The van der Waals surface area contributed by atoms with E-state index in [4.69, 9.17) is 13.5 Å². The van der Waals surface area contributed by atoms with Gasteiger partial charge in [-0.15, -0.1) is 0 Å². The molecule has 0 bridgehead atoms. The van der Waals surface area contributed by atoms with Crippen molar-refractivity contribution in [3.8, 4) is 0 Å². The molecule has 0 unspecified atom stereocenters. The van der Waals surface area contributed by atoms with Crippen LogP contribution in [0, 0.1) is 0 Å². The van der Waals surface area contributed by atoms with Crippen LogP contribution < -0.4 is 0 Å². The van der Waals surface area contributed by atoms with Gasteiger partial charge in [0.05, 0.1) is 37.5 Å². The minimum absolute atomic E-state index is 0.166. The molecular formula is C8H17O5PS2. The van der Waals surface area contributed by atoms with Crippen molar-refractivity contribution in [2.75, 3.05) is 20.4 Å². The maximum Gasteiger partial charge on any atom is 0.303 e. The lowest BCUT2D eigenvalue weighted by atomic mass is 10.2. The fourth-order valence-corrected chi connectivity index (χ4v) is 6.29. The van der Waals surface area contributed by atoms with Gasteiger partial charge in [-0.2, -0.15) is 0 Å². The first-order valence-electron chi connectivity index (χ1n) is 4.80. The fourth-order valence-electron chi connectivity index (χ4n) is 1.07. The summed E-state index contributed by atoms with van der Waals surface area (Å²) in [4.78, 5) is 10.3. The monoisotopic (exact) mass is 288 g/mol. The third kappa shape index (κ3) is 8.47. The molecule has 5 nitrogen and oxygen atoms in total. The van der Waals surface area contributed by atoms with Crippen molar-refractivity contribution >= 4 is 34.8 Å². The molecule has 0 aliphatic carbocycles. The first-order chi connectivity index (χ1) is 7.54. The first-order valence-corrected chi connectivity index (χ1v) is 9.38. The Kier molecular flexibility index (Phi) is 9.55. The van der Waals surface area contributed by atoms with E-state index in [9.17, 15) is 9.36 Å². The van der Waals surface area contributed by atoms with Crippen molar-refractivity contribution in [3.05, 3.63) is 0 Å². The maximum absolute atomic E-state index is 12.1. The SMILES string of the molecule is COSP(=O)(CCCCCC(=O)O)SOC. The Morgan fingerprint density at radius 1 is 1.19 bits per heavy atom. The zero-order chi connectivity index (χ0) is 12.4. The number of carboxylic acids is 1. The van der Waals surface area contributed by atoms with Crippen LogP contribution in [-0.2, 0) is 17.7 Å². The van der Waals surface area contributed by atoms with Crippen LogP contribution in [0.2, 0.25) is 0 Å². The molecule has 0 amide bonds. The van der Waals surface area contributed by atoms with Gasteiger partial charge < -0.3 is 13.5 Å². The number of carboxylic acid groups (broad SMARTS) is 1. The topological polar surface area (TPSA) is 72.8 Å². The summed E-state index contributed by atoms with van der Waals surface area (Å²) in [5.41, 5.74) is -2.54. The van der Waals surface area contributed by atoms with Crippen molar-refractivity contribution in [1.29, 1.82) is 0 Å². The Bertz CT molecular complexity index is 239. The average Bonchev–Trinajstić information content (AvgIpc) is 2.17. The van der Waals surface area contributed by atoms with Gasteiger partial charge in [0.25, 0.3) is 0 Å². The molecule has 0 saturated heterocycles. The van der Waals surface area contributed by atoms with Gasteiger partial charge in [-0.3, -0.25) is 9.36 Å². The summed E-state index contributed by atoms with van der Waals surface area (Å²) >= 11 is 1.89. The van der Waals surface area contributed by atoms with Gasteiger partial charge in [0.15, 0.2) is 0 Å². The predicted octanol–water partition coefficient (Wildman–Crippen LogP) is 3.41. The molecule has 0 aromatic heterocycles. The molecule has 16 heavy (non-hydrogen) atoms. The lowest BCUT2D eigenvalue weighted by molar-refractivity contribution is -0.137. The van der Waals surface area contributed by atoms with Gasteiger partial charge in [0, 0.05) is 12.6 Å². The molecule has 0 fully saturated rings. The smallest absolute Gasteiger partial charge is 0.303 e. The summed E-state index contributed by atoms with van der Waals surface area (Å²) in [6.07, 6.45) is 2.75. The molecule has 0 spiro atoms. The number of unbranched alkanes of at least 4 members (excludes halogenated alkanes) is 2. The Balaban J connectivity index is 3.76. The van der Waals surface area contributed by atoms with Crippen LogP contribution in [0.4, 0.5) is 0 Å². The van der Waals surface area contributed by atoms with E-state index in [2.05, 4.69) is 0 Å². The average molecular weight is 288 g/mol. The van der Waals surface area contributed by atoms with Crippen molar-refractivity contribution in [2.45, 2.75) is 25.7 Å². The lowest BCUT2D eigenvalue weighted by Gasteiger charge is -2.12. The van der Waals surface area contributed by atoms with E-state index in [1.807, 2.05) is 0 Å². The molecule has 0 aromatic rings. The molecule has 0 saturated carbocycles. The summed E-state index contributed by atoms with van der Waals surface area (Å²) < 4.78 is 21.7. The normalized spacial score (nSPS) is 11.6. The van der Waals surface area contributed by atoms with Crippen LogP contribution in [0.15, 0.2) is 0 Å². The third-order valence-corrected chi connectivity index (χ3v) is 7.76. The van der Waals surface area contributed by atoms with Crippen molar-refractivity contribution in [3.63, 3.8) is 0 Å². The van der Waals surface area contributed by atoms with Gasteiger partial charge >= 0.3 is 5.97 Å². The summed E-state index contributed by atoms with van der Waals surface area (Å²) in [5, 5.41) is 8.44. The largest absolute Gasteiger partial charge is 0.481 e. The number of carbonyl (C=O) groups is 1. The minimum atomic E-state index is -2.54. The van der Waals surface area contributed by atoms with Gasteiger partial charge in [0.1, 0.15) is 0 Å². The van der Waals surface area contributed by atoms with Crippen LogP contribution in [-0.4, -0.2) is 31.5 Å². The van der Waals surface area contributed by atoms with E-state index in [0.29, 0.717) is 12.6 Å². The minimum Gasteiger partial charge on any atom is -0.481 e. The van der Waals surface area contributed by atoms with E-state index in [1.54, 1.807) is 0 Å². The van der Waals surface area contributed by atoms with Crippen LogP contribution in [0.3, 0.4) is 0 Å². The van der Waals surface area contributed by atoms with Gasteiger partial charge in [-0.1, -0.05) is 6.42 Å². The second-order valence-corrected chi connectivity index (χ2v) is 10.8. The summed E-state index contributed by atoms with van der Waals surface area (Å²) in [6.45, 7) is 0. The van der Waals surface area contributed by atoms with Gasteiger partial charge in [-0.05, 0) is 12.8 Å². The Labute approximate surface area is 104 Å². The molecule has 96 valence electrons. The second kappa shape index (κ2) is 9.36. The second-order valence-electron chi connectivity index (χ2n) is 3.02. The first kappa shape index (κ1) is 16.3. The number of hydrogen-bond donors (Lipinski definition) is 1. The molecule has 0 aromatic carbocycles.